The average Bonchev–Trinajstić information content (AvgIpc) is 2.75. The van der Waals surface area contributed by atoms with Gasteiger partial charge in [-0.2, -0.15) is 0 Å². The minimum atomic E-state index is 1.02. The lowest BCUT2D eigenvalue weighted by atomic mass is 9.95. The predicted octanol–water partition coefficient (Wildman–Crippen LogP) is 4.23. The van der Waals surface area contributed by atoms with Gasteiger partial charge >= 0.3 is 0 Å². The third-order valence-corrected chi connectivity index (χ3v) is 3.82. The Kier molecular flexibility index (Phi) is 3.69. The maximum Gasteiger partial charge on any atom is -0.0168 e. The van der Waals surface area contributed by atoms with Crippen LogP contribution in [0.3, 0.4) is 0 Å². The Morgan fingerprint density at radius 2 is 1.08 bits per heavy atom. The smallest absolute Gasteiger partial charge is 0.0168 e. The summed E-state index contributed by atoms with van der Waals surface area (Å²) in [4.78, 5) is 0. The van der Waals surface area contributed by atoms with Crippen LogP contribution in [-0.4, -0.2) is 0 Å². The van der Waals surface area contributed by atoms with Crippen molar-refractivity contribution in [3.05, 3.63) is 6.42 Å². The lowest BCUT2D eigenvalue weighted by Crippen LogP contribution is -1.98. The maximum atomic E-state index is 3.67. The van der Waals surface area contributed by atoms with Crippen molar-refractivity contribution in [2.45, 2.75) is 64.2 Å². The molecule has 0 aliphatic heterocycles. The molecule has 2 aliphatic rings. The van der Waals surface area contributed by atoms with Gasteiger partial charge < -0.3 is 0 Å². The van der Waals surface area contributed by atoms with E-state index in [0.29, 0.717) is 0 Å². The van der Waals surface area contributed by atoms with Crippen LogP contribution in [0.15, 0.2) is 0 Å². The van der Waals surface area contributed by atoms with Crippen molar-refractivity contribution in [2.24, 2.45) is 11.8 Å². The van der Waals surface area contributed by atoms with E-state index in [1.54, 1.807) is 0 Å². The molecule has 13 heavy (non-hydrogen) atoms. The van der Waals surface area contributed by atoms with Crippen molar-refractivity contribution in [1.82, 2.24) is 0 Å². The number of rotatable bonds is 4. The molecule has 0 atom stereocenters. The normalized spacial score (nSPS) is 25.8. The second-order valence-corrected chi connectivity index (χ2v) is 4.96. The zero-order valence-corrected chi connectivity index (χ0v) is 8.73. The summed E-state index contributed by atoms with van der Waals surface area (Å²) in [6.07, 6.45) is 18.1. The lowest BCUT2D eigenvalue weighted by molar-refractivity contribution is 0.482. The fraction of sp³-hybridized carbons (Fsp3) is 0.923. The summed E-state index contributed by atoms with van der Waals surface area (Å²) in [5.41, 5.74) is 0. The molecule has 0 saturated heterocycles. The maximum absolute atomic E-state index is 3.67. The molecule has 0 amide bonds. The van der Waals surface area contributed by atoms with E-state index in [-0.39, 0.29) is 0 Å². The molecule has 0 spiro atoms. The summed E-state index contributed by atoms with van der Waals surface area (Å²) in [7, 11) is 0. The molecule has 0 nitrogen and oxygen atoms in total. The number of hydrogen-bond donors (Lipinski definition) is 0. The predicted molar refractivity (Wildman–Crippen MR) is 56.4 cm³/mol. The Morgan fingerprint density at radius 1 is 0.692 bits per heavy atom. The van der Waals surface area contributed by atoms with E-state index >= 15 is 0 Å². The first kappa shape index (κ1) is 9.55. The van der Waals surface area contributed by atoms with Gasteiger partial charge in [0.05, 0.1) is 0 Å². The highest BCUT2D eigenvalue weighted by molar-refractivity contribution is 4.79. The second-order valence-electron chi connectivity index (χ2n) is 4.96. The second kappa shape index (κ2) is 5.02. The van der Waals surface area contributed by atoms with Crippen molar-refractivity contribution in [3.63, 3.8) is 0 Å². The minimum absolute atomic E-state index is 1.02. The van der Waals surface area contributed by atoms with Crippen molar-refractivity contribution in [1.29, 1.82) is 0 Å². The molecular formula is C13H22. The van der Waals surface area contributed by atoms with Crippen LogP contribution in [-0.2, 0) is 0 Å². The Hall–Kier alpha value is 0. The zero-order chi connectivity index (χ0) is 8.93. The molecule has 0 bridgehead atoms. The first-order chi connectivity index (χ1) is 6.45. The fourth-order valence-corrected chi connectivity index (χ4v) is 2.92. The van der Waals surface area contributed by atoms with Crippen LogP contribution >= 0.6 is 0 Å². The minimum Gasteiger partial charge on any atom is -0.0530 e. The highest BCUT2D eigenvalue weighted by Crippen LogP contribution is 2.32. The topological polar surface area (TPSA) is 0 Å². The molecule has 2 rings (SSSR count). The van der Waals surface area contributed by atoms with Gasteiger partial charge in [-0.1, -0.05) is 51.4 Å². The van der Waals surface area contributed by atoms with Crippen molar-refractivity contribution in [3.8, 4) is 0 Å². The van der Waals surface area contributed by atoms with Crippen LogP contribution in [0.1, 0.15) is 64.2 Å². The summed E-state index contributed by atoms with van der Waals surface area (Å²) >= 11 is 0. The van der Waals surface area contributed by atoms with Gasteiger partial charge in [0.25, 0.3) is 0 Å². The molecule has 2 radical (unpaired) electrons. The molecular weight excluding hydrogens is 156 g/mol. The molecule has 0 heteroatoms. The monoisotopic (exact) mass is 178 g/mol. The van der Waals surface area contributed by atoms with Crippen LogP contribution < -0.4 is 0 Å². The quantitative estimate of drug-likeness (QED) is 0.604. The average molecular weight is 178 g/mol. The van der Waals surface area contributed by atoms with E-state index in [0.717, 1.165) is 11.8 Å². The van der Waals surface area contributed by atoms with Gasteiger partial charge in [0.1, 0.15) is 0 Å². The fourth-order valence-electron chi connectivity index (χ4n) is 2.92. The molecule has 2 saturated carbocycles. The molecule has 0 aromatic carbocycles. The molecule has 0 aromatic rings. The van der Waals surface area contributed by atoms with E-state index in [2.05, 4.69) is 6.42 Å². The van der Waals surface area contributed by atoms with Crippen LogP contribution in [0.25, 0.3) is 0 Å². The standard InChI is InChI=1S/C13H22/c1-2-7-12(6-1)10-5-11-13-8-3-4-9-13/h12-13H,1-4,6-11H2. The number of hydrogen-bond acceptors (Lipinski definition) is 0. The Bertz CT molecular complexity index is 111. The van der Waals surface area contributed by atoms with Gasteiger partial charge in [-0.25, -0.2) is 0 Å². The van der Waals surface area contributed by atoms with Gasteiger partial charge in [0.2, 0.25) is 0 Å². The van der Waals surface area contributed by atoms with Gasteiger partial charge in [-0.3, -0.25) is 0 Å². The summed E-state index contributed by atoms with van der Waals surface area (Å²) in [6, 6.07) is 0. The van der Waals surface area contributed by atoms with Gasteiger partial charge in [-0.05, 0) is 31.1 Å². The molecule has 2 aliphatic carbocycles. The van der Waals surface area contributed by atoms with Gasteiger partial charge in [-0.15, -0.1) is 0 Å². The molecule has 0 aromatic heterocycles. The first-order valence-electron chi connectivity index (χ1n) is 6.16. The van der Waals surface area contributed by atoms with E-state index in [4.69, 9.17) is 0 Å². The third-order valence-electron chi connectivity index (χ3n) is 3.82. The summed E-state index contributed by atoms with van der Waals surface area (Å²) in [5.74, 6) is 2.03. The van der Waals surface area contributed by atoms with Crippen LogP contribution in [0.5, 0.6) is 0 Å². The summed E-state index contributed by atoms with van der Waals surface area (Å²) in [6.45, 7) is 0. The van der Waals surface area contributed by atoms with Crippen LogP contribution in [0, 0.1) is 18.3 Å². The van der Waals surface area contributed by atoms with Crippen molar-refractivity contribution >= 4 is 0 Å². The molecule has 2 fully saturated rings. The Balaban J connectivity index is 1.52. The van der Waals surface area contributed by atoms with Gasteiger partial charge in [0.15, 0.2) is 0 Å². The van der Waals surface area contributed by atoms with Crippen molar-refractivity contribution < 1.29 is 0 Å². The zero-order valence-electron chi connectivity index (χ0n) is 8.73. The SMILES string of the molecule is [C](CC1CCCC1)CC1CCCC1. The first-order valence-corrected chi connectivity index (χ1v) is 6.16. The van der Waals surface area contributed by atoms with E-state index in [9.17, 15) is 0 Å². The van der Waals surface area contributed by atoms with Crippen LogP contribution in [0.2, 0.25) is 0 Å². The lowest BCUT2D eigenvalue weighted by Gasteiger charge is -2.10. The molecule has 0 N–H and O–H groups in total. The molecule has 74 valence electrons. The highest BCUT2D eigenvalue weighted by atomic mass is 14.2. The Labute approximate surface area is 83.1 Å². The Morgan fingerprint density at radius 3 is 1.46 bits per heavy atom. The van der Waals surface area contributed by atoms with E-state index in [1.165, 1.54) is 64.2 Å². The largest absolute Gasteiger partial charge is 0.0530 e. The van der Waals surface area contributed by atoms with Crippen molar-refractivity contribution in [2.75, 3.05) is 0 Å². The molecule has 0 heterocycles. The van der Waals surface area contributed by atoms with E-state index < -0.39 is 0 Å². The summed E-state index contributed by atoms with van der Waals surface area (Å²) in [5, 5.41) is 0. The highest BCUT2D eigenvalue weighted by Gasteiger charge is 2.18. The van der Waals surface area contributed by atoms with Gasteiger partial charge in [0, 0.05) is 0 Å². The van der Waals surface area contributed by atoms with Crippen LogP contribution in [0.4, 0.5) is 0 Å². The molecule has 0 unspecified atom stereocenters. The third kappa shape index (κ3) is 3.00. The van der Waals surface area contributed by atoms with E-state index in [1.807, 2.05) is 0 Å². The summed E-state index contributed by atoms with van der Waals surface area (Å²) < 4.78 is 0.